The Morgan fingerprint density at radius 1 is 1.53 bits per heavy atom. The van der Waals surface area contributed by atoms with Crippen LogP contribution in [0.5, 0.6) is 5.75 Å². The lowest BCUT2D eigenvalue weighted by molar-refractivity contribution is 0.0783. The molecule has 1 aliphatic heterocycles. The smallest absolute Gasteiger partial charge is 0.257 e. The van der Waals surface area contributed by atoms with E-state index in [0.717, 1.165) is 13.0 Å². The summed E-state index contributed by atoms with van der Waals surface area (Å²) in [5.74, 6) is 0.304. The lowest BCUT2D eigenvalue weighted by atomic mass is 10.0. The SMILES string of the molecule is CC(N)C1CCN(C(=O)c2ccccc2O)C1. The standard InChI is InChI=1S/C13H18N2O2/c1-9(14)10-6-7-15(8-10)13(17)11-4-2-3-5-12(11)16/h2-5,9-10,16H,6-8,14H2,1H3. The molecule has 0 saturated carbocycles. The van der Waals surface area contributed by atoms with Crippen LogP contribution < -0.4 is 5.73 Å². The summed E-state index contributed by atoms with van der Waals surface area (Å²) < 4.78 is 0. The summed E-state index contributed by atoms with van der Waals surface area (Å²) in [4.78, 5) is 13.9. The van der Waals surface area contributed by atoms with Gasteiger partial charge in [0.05, 0.1) is 5.56 Å². The highest BCUT2D eigenvalue weighted by Crippen LogP contribution is 2.24. The Bertz CT molecular complexity index is 418. The van der Waals surface area contributed by atoms with Crippen LogP contribution in [0.25, 0.3) is 0 Å². The third-order valence-corrected chi connectivity index (χ3v) is 3.39. The molecule has 3 N–H and O–H groups in total. The van der Waals surface area contributed by atoms with Gasteiger partial charge in [-0.15, -0.1) is 0 Å². The van der Waals surface area contributed by atoms with E-state index in [-0.39, 0.29) is 17.7 Å². The lowest BCUT2D eigenvalue weighted by Crippen LogP contribution is -2.33. The molecule has 1 fully saturated rings. The van der Waals surface area contributed by atoms with Crippen LogP contribution in [0.3, 0.4) is 0 Å². The number of rotatable bonds is 2. The number of phenols is 1. The molecule has 1 heterocycles. The van der Waals surface area contributed by atoms with Crippen molar-refractivity contribution in [3.8, 4) is 5.75 Å². The van der Waals surface area contributed by atoms with E-state index in [0.29, 0.717) is 18.0 Å². The zero-order chi connectivity index (χ0) is 12.4. The monoisotopic (exact) mass is 234 g/mol. The average Bonchev–Trinajstić information content (AvgIpc) is 2.78. The van der Waals surface area contributed by atoms with E-state index >= 15 is 0 Å². The summed E-state index contributed by atoms with van der Waals surface area (Å²) in [6, 6.07) is 6.76. The fourth-order valence-electron chi connectivity index (χ4n) is 2.23. The summed E-state index contributed by atoms with van der Waals surface area (Å²) in [5.41, 5.74) is 6.21. The van der Waals surface area contributed by atoms with Crippen molar-refractivity contribution in [3.05, 3.63) is 29.8 Å². The maximum Gasteiger partial charge on any atom is 0.257 e. The molecule has 0 aliphatic carbocycles. The van der Waals surface area contributed by atoms with Crippen molar-refractivity contribution >= 4 is 5.91 Å². The van der Waals surface area contributed by atoms with E-state index < -0.39 is 0 Å². The van der Waals surface area contributed by atoms with E-state index in [1.165, 1.54) is 6.07 Å². The minimum Gasteiger partial charge on any atom is -0.507 e. The number of phenolic OH excluding ortho intramolecular Hbond substituents is 1. The van der Waals surface area contributed by atoms with Gasteiger partial charge >= 0.3 is 0 Å². The molecule has 1 saturated heterocycles. The third kappa shape index (κ3) is 2.42. The van der Waals surface area contributed by atoms with Crippen LogP contribution in [-0.4, -0.2) is 35.0 Å². The minimum absolute atomic E-state index is 0.0433. The molecular weight excluding hydrogens is 216 g/mol. The zero-order valence-electron chi connectivity index (χ0n) is 9.97. The summed E-state index contributed by atoms with van der Waals surface area (Å²) in [5, 5.41) is 9.64. The number of carbonyl (C=O) groups is 1. The van der Waals surface area contributed by atoms with Crippen LogP contribution in [0.4, 0.5) is 0 Å². The topological polar surface area (TPSA) is 66.6 Å². The molecule has 2 unspecified atom stereocenters. The molecule has 4 nitrogen and oxygen atoms in total. The van der Waals surface area contributed by atoms with E-state index in [4.69, 9.17) is 5.73 Å². The lowest BCUT2D eigenvalue weighted by Gasteiger charge is -2.18. The minimum atomic E-state index is -0.105. The number of para-hydroxylation sites is 1. The van der Waals surface area contributed by atoms with Crippen LogP contribution in [0.2, 0.25) is 0 Å². The van der Waals surface area contributed by atoms with Gasteiger partial charge in [-0.3, -0.25) is 4.79 Å². The predicted molar refractivity (Wildman–Crippen MR) is 65.8 cm³/mol. The number of hydrogen-bond donors (Lipinski definition) is 2. The van der Waals surface area contributed by atoms with Crippen molar-refractivity contribution in [2.45, 2.75) is 19.4 Å². The van der Waals surface area contributed by atoms with Crippen LogP contribution in [0.15, 0.2) is 24.3 Å². The van der Waals surface area contributed by atoms with Gasteiger partial charge in [-0.1, -0.05) is 12.1 Å². The van der Waals surface area contributed by atoms with Gasteiger partial charge < -0.3 is 15.7 Å². The van der Waals surface area contributed by atoms with E-state index in [1.54, 1.807) is 23.1 Å². The molecule has 1 aromatic rings. The van der Waals surface area contributed by atoms with Gasteiger partial charge in [-0.2, -0.15) is 0 Å². The maximum absolute atomic E-state index is 12.2. The second-order valence-electron chi connectivity index (χ2n) is 4.68. The Labute approximate surface area is 101 Å². The second kappa shape index (κ2) is 4.75. The molecule has 92 valence electrons. The van der Waals surface area contributed by atoms with Gasteiger partial charge in [0, 0.05) is 19.1 Å². The van der Waals surface area contributed by atoms with Crippen molar-refractivity contribution in [1.82, 2.24) is 4.90 Å². The largest absolute Gasteiger partial charge is 0.507 e. The number of carbonyl (C=O) groups excluding carboxylic acids is 1. The van der Waals surface area contributed by atoms with Crippen LogP contribution >= 0.6 is 0 Å². The highest BCUT2D eigenvalue weighted by Gasteiger charge is 2.29. The Morgan fingerprint density at radius 2 is 2.24 bits per heavy atom. The van der Waals surface area contributed by atoms with E-state index in [1.807, 2.05) is 6.92 Å². The van der Waals surface area contributed by atoms with Crippen molar-refractivity contribution in [3.63, 3.8) is 0 Å². The summed E-state index contributed by atoms with van der Waals surface area (Å²) in [6.07, 6.45) is 0.941. The number of benzene rings is 1. The summed E-state index contributed by atoms with van der Waals surface area (Å²) >= 11 is 0. The van der Waals surface area contributed by atoms with Crippen LogP contribution in [0, 0.1) is 5.92 Å². The Hall–Kier alpha value is -1.55. The summed E-state index contributed by atoms with van der Waals surface area (Å²) in [6.45, 7) is 3.38. The number of aromatic hydroxyl groups is 1. The average molecular weight is 234 g/mol. The first-order chi connectivity index (χ1) is 8.09. The quantitative estimate of drug-likeness (QED) is 0.808. The Kier molecular flexibility index (Phi) is 3.33. The van der Waals surface area contributed by atoms with Gasteiger partial charge in [0.1, 0.15) is 5.75 Å². The maximum atomic E-state index is 12.2. The molecule has 0 spiro atoms. The van der Waals surface area contributed by atoms with Crippen molar-refractivity contribution in [1.29, 1.82) is 0 Å². The molecular formula is C13H18N2O2. The molecule has 2 rings (SSSR count). The highest BCUT2D eigenvalue weighted by atomic mass is 16.3. The van der Waals surface area contributed by atoms with E-state index in [9.17, 15) is 9.90 Å². The number of amides is 1. The van der Waals surface area contributed by atoms with Crippen molar-refractivity contribution < 1.29 is 9.90 Å². The first-order valence-corrected chi connectivity index (χ1v) is 5.92. The fraction of sp³-hybridized carbons (Fsp3) is 0.462. The number of nitrogens with two attached hydrogens (primary N) is 1. The van der Waals surface area contributed by atoms with Gasteiger partial charge in [-0.05, 0) is 31.4 Å². The number of likely N-dealkylation sites (tertiary alicyclic amines) is 1. The number of nitrogens with zero attached hydrogens (tertiary/aromatic N) is 1. The van der Waals surface area contributed by atoms with Gasteiger partial charge in [0.25, 0.3) is 5.91 Å². The highest BCUT2D eigenvalue weighted by molar-refractivity contribution is 5.96. The van der Waals surface area contributed by atoms with Crippen molar-refractivity contribution in [2.24, 2.45) is 11.7 Å². The number of hydrogen-bond acceptors (Lipinski definition) is 3. The Morgan fingerprint density at radius 3 is 2.82 bits per heavy atom. The molecule has 4 heteroatoms. The normalized spacial score (nSPS) is 21.5. The molecule has 1 aliphatic rings. The van der Waals surface area contributed by atoms with Gasteiger partial charge in [-0.25, -0.2) is 0 Å². The van der Waals surface area contributed by atoms with E-state index in [2.05, 4.69) is 0 Å². The molecule has 0 radical (unpaired) electrons. The molecule has 2 atom stereocenters. The van der Waals surface area contributed by atoms with Gasteiger partial charge in [0.2, 0.25) is 0 Å². The van der Waals surface area contributed by atoms with Crippen molar-refractivity contribution in [2.75, 3.05) is 13.1 Å². The molecule has 1 amide bonds. The molecule has 0 bridgehead atoms. The van der Waals surface area contributed by atoms with Crippen LogP contribution in [0.1, 0.15) is 23.7 Å². The van der Waals surface area contributed by atoms with Gasteiger partial charge in [0.15, 0.2) is 0 Å². The zero-order valence-corrected chi connectivity index (χ0v) is 9.97. The predicted octanol–water partition coefficient (Wildman–Crippen LogP) is 1.20. The first-order valence-electron chi connectivity index (χ1n) is 5.92. The third-order valence-electron chi connectivity index (χ3n) is 3.39. The molecule has 0 aromatic heterocycles. The fourth-order valence-corrected chi connectivity index (χ4v) is 2.23. The Balaban J connectivity index is 2.10. The molecule has 1 aromatic carbocycles. The second-order valence-corrected chi connectivity index (χ2v) is 4.68. The molecule has 17 heavy (non-hydrogen) atoms. The van der Waals surface area contributed by atoms with Crippen LogP contribution in [-0.2, 0) is 0 Å². The first kappa shape index (κ1) is 11.9. The summed E-state index contributed by atoms with van der Waals surface area (Å²) in [7, 11) is 0.